The molecule has 3 atom stereocenters. The molecule has 1 aromatic heterocycles. The zero-order valence-electron chi connectivity index (χ0n) is 21.1. The van der Waals surface area contributed by atoms with Gasteiger partial charge in [0.15, 0.2) is 0 Å². The summed E-state index contributed by atoms with van der Waals surface area (Å²) >= 11 is 0. The molecule has 1 aliphatic heterocycles. The fourth-order valence-electron chi connectivity index (χ4n) is 5.91. The lowest BCUT2D eigenvalue weighted by molar-refractivity contribution is -0.135. The highest BCUT2D eigenvalue weighted by atomic mass is 16.2. The number of likely N-dealkylation sites (tertiary alicyclic amines) is 1. The van der Waals surface area contributed by atoms with Gasteiger partial charge < -0.3 is 19.7 Å². The minimum absolute atomic E-state index is 0.0443. The number of carbonyl (C=O) groups excluding carboxylic acids is 2. The number of benzene rings is 1. The Labute approximate surface area is 203 Å². The molecule has 2 aliphatic rings. The third-order valence-electron chi connectivity index (χ3n) is 7.42. The fraction of sp³-hybridized carbons (Fsp3) is 0.556. The van der Waals surface area contributed by atoms with Crippen LogP contribution in [-0.2, 0) is 17.8 Å². The Morgan fingerprint density at radius 1 is 1.26 bits per heavy atom. The highest BCUT2D eigenvalue weighted by molar-refractivity contribution is 5.96. The minimum atomic E-state index is -0.273. The van der Waals surface area contributed by atoms with E-state index in [2.05, 4.69) is 57.7 Å². The molecule has 34 heavy (non-hydrogen) atoms. The zero-order valence-corrected chi connectivity index (χ0v) is 21.1. The van der Waals surface area contributed by atoms with Crippen LogP contribution in [-0.4, -0.2) is 84.6 Å². The van der Waals surface area contributed by atoms with Gasteiger partial charge in [-0.25, -0.2) is 4.79 Å². The highest BCUT2D eigenvalue weighted by Gasteiger charge is 2.43. The number of urea groups is 1. The maximum atomic E-state index is 13.7. The van der Waals surface area contributed by atoms with Crippen molar-refractivity contribution in [1.82, 2.24) is 24.6 Å². The third kappa shape index (κ3) is 4.64. The molecule has 2 aromatic rings. The maximum Gasteiger partial charge on any atom is 0.324 e. The summed E-state index contributed by atoms with van der Waals surface area (Å²) in [5.74, 6) is 0.0406. The van der Waals surface area contributed by atoms with Crippen molar-refractivity contribution in [1.29, 1.82) is 0 Å². The van der Waals surface area contributed by atoms with Gasteiger partial charge in [0.1, 0.15) is 0 Å². The predicted octanol–water partition coefficient (Wildman–Crippen LogP) is 3.30. The smallest absolute Gasteiger partial charge is 0.324 e. The van der Waals surface area contributed by atoms with Crippen molar-refractivity contribution in [2.75, 3.05) is 47.3 Å². The Morgan fingerprint density at radius 3 is 2.76 bits per heavy atom. The number of hydrogen-bond acceptors (Lipinski definition) is 4. The number of allylic oxidation sites excluding steroid dienone is 1. The zero-order chi connectivity index (χ0) is 24.4. The molecule has 7 nitrogen and oxygen atoms in total. The van der Waals surface area contributed by atoms with E-state index in [1.165, 1.54) is 26.9 Å². The lowest BCUT2D eigenvalue weighted by Gasteiger charge is -2.45. The molecule has 0 bridgehead atoms. The number of imide groups is 1. The molecule has 0 radical (unpaired) electrons. The molecular weight excluding hydrogens is 426 g/mol. The van der Waals surface area contributed by atoms with Crippen LogP contribution in [0.3, 0.4) is 0 Å². The van der Waals surface area contributed by atoms with Crippen LogP contribution in [0.15, 0.2) is 37.1 Å². The lowest BCUT2D eigenvalue weighted by atomic mass is 9.72. The number of hydrogen-bond donors (Lipinski definition) is 1. The van der Waals surface area contributed by atoms with Gasteiger partial charge >= 0.3 is 6.03 Å². The second-order valence-electron chi connectivity index (χ2n) is 10.1. The molecular formula is C27H39N5O2. The number of likely N-dealkylation sites (N-methyl/N-ethyl adjacent to an activating group) is 1. The van der Waals surface area contributed by atoms with E-state index in [0.29, 0.717) is 25.7 Å². The minimum Gasteiger partial charge on any atom is -0.343 e. The van der Waals surface area contributed by atoms with Gasteiger partial charge in [0.25, 0.3) is 0 Å². The van der Waals surface area contributed by atoms with Gasteiger partial charge in [0.2, 0.25) is 5.91 Å². The number of rotatable bonds is 8. The van der Waals surface area contributed by atoms with Crippen molar-refractivity contribution in [2.24, 2.45) is 5.92 Å². The molecule has 3 amide bonds. The number of fused-ring (bicyclic) bond motifs is 2. The molecule has 7 heteroatoms. The van der Waals surface area contributed by atoms with E-state index in [1.807, 2.05) is 27.1 Å². The summed E-state index contributed by atoms with van der Waals surface area (Å²) in [4.78, 5) is 32.4. The van der Waals surface area contributed by atoms with Crippen LogP contribution < -0.4 is 5.32 Å². The largest absolute Gasteiger partial charge is 0.343 e. The monoisotopic (exact) mass is 465 g/mol. The van der Waals surface area contributed by atoms with Crippen molar-refractivity contribution in [3.8, 4) is 0 Å². The van der Waals surface area contributed by atoms with Gasteiger partial charge in [-0.2, -0.15) is 0 Å². The number of nitrogens with one attached hydrogen (secondary N) is 1. The third-order valence-corrected chi connectivity index (χ3v) is 7.42. The van der Waals surface area contributed by atoms with Gasteiger partial charge in [-0.3, -0.25) is 9.69 Å². The molecule has 1 N–H and O–H groups in total. The van der Waals surface area contributed by atoms with Crippen LogP contribution in [0.4, 0.5) is 4.79 Å². The van der Waals surface area contributed by atoms with Crippen molar-refractivity contribution in [3.63, 3.8) is 0 Å². The van der Waals surface area contributed by atoms with E-state index in [9.17, 15) is 9.59 Å². The second-order valence-corrected chi connectivity index (χ2v) is 10.1. The first-order valence-corrected chi connectivity index (χ1v) is 12.5. The van der Waals surface area contributed by atoms with Crippen molar-refractivity contribution in [2.45, 2.75) is 44.7 Å². The highest BCUT2D eigenvalue weighted by Crippen LogP contribution is 2.45. The number of piperidine rings is 1. The average molecular weight is 466 g/mol. The first kappa shape index (κ1) is 24.5. The number of aromatic nitrogens is 1. The Hall–Kier alpha value is -2.64. The van der Waals surface area contributed by atoms with Crippen molar-refractivity contribution in [3.05, 3.63) is 48.2 Å². The maximum absolute atomic E-state index is 13.7. The van der Waals surface area contributed by atoms with Crippen LogP contribution in [0.1, 0.15) is 36.8 Å². The van der Waals surface area contributed by atoms with E-state index >= 15 is 0 Å². The van der Waals surface area contributed by atoms with Crippen molar-refractivity contribution < 1.29 is 9.59 Å². The fourth-order valence-corrected chi connectivity index (χ4v) is 5.91. The molecule has 1 fully saturated rings. The van der Waals surface area contributed by atoms with Gasteiger partial charge in [-0.05, 0) is 71.1 Å². The summed E-state index contributed by atoms with van der Waals surface area (Å²) < 4.78 is 2.28. The van der Waals surface area contributed by atoms with Crippen molar-refractivity contribution >= 4 is 22.8 Å². The summed E-state index contributed by atoms with van der Waals surface area (Å²) in [6.45, 7) is 9.08. The Kier molecular flexibility index (Phi) is 7.43. The quantitative estimate of drug-likeness (QED) is 0.608. The van der Waals surface area contributed by atoms with E-state index in [-0.39, 0.29) is 23.8 Å². The van der Waals surface area contributed by atoms with E-state index in [0.717, 1.165) is 32.4 Å². The Bertz CT molecular complexity index is 1060. The number of amides is 3. The molecule has 0 spiro atoms. The molecule has 1 aliphatic carbocycles. The van der Waals surface area contributed by atoms with E-state index in [1.54, 1.807) is 0 Å². The van der Waals surface area contributed by atoms with Gasteiger partial charge in [0, 0.05) is 55.2 Å². The Balaban J connectivity index is 1.61. The molecule has 0 unspecified atom stereocenters. The summed E-state index contributed by atoms with van der Waals surface area (Å²) in [7, 11) is 6.15. The van der Waals surface area contributed by atoms with Crippen LogP contribution in [0.2, 0.25) is 0 Å². The van der Waals surface area contributed by atoms with Crippen LogP contribution >= 0.6 is 0 Å². The molecule has 2 heterocycles. The topological polar surface area (TPSA) is 60.8 Å². The van der Waals surface area contributed by atoms with Gasteiger partial charge in [-0.15, -0.1) is 6.58 Å². The number of carbonyl (C=O) groups is 2. The first-order valence-electron chi connectivity index (χ1n) is 12.5. The number of nitrogens with zero attached hydrogens (tertiary/aromatic N) is 4. The van der Waals surface area contributed by atoms with Crippen LogP contribution in [0, 0.1) is 5.92 Å². The second kappa shape index (κ2) is 10.3. The van der Waals surface area contributed by atoms with E-state index < -0.39 is 0 Å². The standard InChI is InChI=1S/C27H39N5O2/c1-6-12-31-18-19-16-24-22(21-10-8-11-23(31)25(19)21)15-20(17-30(24)5)26(33)32(27(34)28-7-2)14-9-13-29(3)4/h6,8,10-11,18,20,22,24H,1,7,9,12-17H2,2-5H3,(H,28,34)/t20-,22-,24-/m1/s1. The van der Waals surface area contributed by atoms with E-state index in [4.69, 9.17) is 0 Å². The molecule has 1 aromatic carbocycles. The molecule has 1 saturated heterocycles. The lowest BCUT2D eigenvalue weighted by Crippen LogP contribution is -2.54. The molecule has 4 rings (SSSR count). The Morgan fingerprint density at radius 2 is 2.06 bits per heavy atom. The predicted molar refractivity (Wildman–Crippen MR) is 137 cm³/mol. The molecule has 184 valence electrons. The summed E-state index contributed by atoms with van der Waals surface area (Å²) in [5, 5.41) is 4.19. The van der Waals surface area contributed by atoms with Gasteiger partial charge in [-0.1, -0.05) is 18.2 Å². The summed E-state index contributed by atoms with van der Waals surface area (Å²) in [5.41, 5.74) is 3.97. The SMILES string of the molecule is C=CCn1cc2c3c(cccc31)[C@H]1C[C@@H](C(=O)N(CCCN(C)C)C(=O)NCC)CN(C)[C@@H]1C2. The summed E-state index contributed by atoms with van der Waals surface area (Å²) in [6.07, 6.45) is 6.75. The average Bonchev–Trinajstić information content (AvgIpc) is 3.15. The van der Waals surface area contributed by atoms with Crippen LogP contribution in [0.5, 0.6) is 0 Å². The summed E-state index contributed by atoms with van der Waals surface area (Å²) in [6, 6.07) is 6.65. The van der Waals surface area contributed by atoms with Gasteiger partial charge in [0.05, 0.1) is 5.92 Å². The molecule has 0 saturated carbocycles. The normalized spacial score (nSPS) is 22.0. The first-order chi connectivity index (χ1) is 16.3. The van der Waals surface area contributed by atoms with Crippen LogP contribution in [0.25, 0.3) is 10.9 Å².